The second-order valence-corrected chi connectivity index (χ2v) is 7.50. The molecular formula is C17H18N2O7S. The minimum atomic E-state index is -4.17. The van der Waals surface area contributed by atoms with Crippen LogP contribution in [0.15, 0.2) is 47.4 Å². The Balaban J connectivity index is 2.67. The number of rotatable bonds is 8. The van der Waals surface area contributed by atoms with Gasteiger partial charge in [0, 0.05) is 12.1 Å². The molecule has 0 aliphatic carbocycles. The van der Waals surface area contributed by atoms with Gasteiger partial charge in [0.1, 0.15) is 10.9 Å². The molecule has 0 amide bonds. The lowest BCUT2D eigenvalue weighted by atomic mass is 10.2. The monoisotopic (exact) mass is 394 g/mol. The summed E-state index contributed by atoms with van der Waals surface area (Å²) in [5, 5.41) is 9.81. The lowest BCUT2D eigenvalue weighted by Gasteiger charge is -2.17. The molecule has 1 heterocycles. The number of carbonyl (C=O) groups is 1. The molecule has 1 unspecified atom stereocenters. The number of pyridine rings is 1. The van der Waals surface area contributed by atoms with Crippen molar-refractivity contribution in [2.45, 2.75) is 23.5 Å². The van der Waals surface area contributed by atoms with Gasteiger partial charge in [-0.15, -0.1) is 0 Å². The molecule has 0 saturated heterocycles. The summed E-state index contributed by atoms with van der Waals surface area (Å²) in [5.41, 5.74) is -0.902. The van der Waals surface area contributed by atoms with E-state index >= 15 is 0 Å². The van der Waals surface area contributed by atoms with Gasteiger partial charge in [0.25, 0.3) is 5.69 Å². The number of benzene rings is 1. The highest BCUT2D eigenvalue weighted by Crippen LogP contribution is 2.37. The molecule has 0 N–H and O–H groups in total. The maximum Gasteiger partial charge on any atom is 0.307 e. The summed E-state index contributed by atoms with van der Waals surface area (Å²) >= 11 is 0. The highest BCUT2D eigenvalue weighted by molar-refractivity contribution is 7.91. The number of sulfone groups is 1. The van der Waals surface area contributed by atoms with Crippen molar-refractivity contribution in [2.24, 2.45) is 0 Å². The molecule has 0 aliphatic rings. The lowest BCUT2D eigenvalue weighted by Crippen LogP contribution is -2.21. The van der Waals surface area contributed by atoms with Crippen LogP contribution in [0, 0.1) is 10.1 Å². The van der Waals surface area contributed by atoms with Gasteiger partial charge in [-0.1, -0.05) is 18.2 Å². The van der Waals surface area contributed by atoms with Crippen LogP contribution in [0.1, 0.15) is 24.3 Å². The van der Waals surface area contributed by atoms with E-state index in [-0.39, 0.29) is 23.1 Å². The van der Waals surface area contributed by atoms with Crippen LogP contribution in [0.4, 0.5) is 5.69 Å². The molecular weight excluding hydrogens is 376 g/mol. The Labute approximate surface area is 156 Å². The highest BCUT2D eigenvalue weighted by Gasteiger charge is 2.38. The summed E-state index contributed by atoms with van der Waals surface area (Å²) in [4.78, 5) is 26.6. The number of ether oxygens (including phenoxy) is 2. The molecule has 144 valence electrons. The number of nitro groups is 1. The molecule has 0 aliphatic heterocycles. The number of hydrogen-bond acceptors (Lipinski definition) is 8. The molecule has 2 aromatic rings. The molecule has 1 aromatic carbocycles. The summed E-state index contributed by atoms with van der Waals surface area (Å²) in [7, 11) is -2.88. The number of carbonyl (C=O) groups excluding carboxylic acids is 1. The van der Waals surface area contributed by atoms with E-state index in [4.69, 9.17) is 9.47 Å². The number of aromatic nitrogens is 1. The van der Waals surface area contributed by atoms with Gasteiger partial charge >= 0.3 is 5.97 Å². The van der Waals surface area contributed by atoms with Crippen LogP contribution in [-0.2, 0) is 19.4 Å². The predicted molar refractivity (Wildman–Crippen MR) is 95.1 cm³/mol. The van der Waals surface area contributed by atoms with Gasteiger partial charge in [0.05, 0.1) is 30.0 Å². The molecule has 2 rings (SSSR count). The third-order valence-electron chi connectivity index (χ3n) is 3.69. The molecule has 0 spiro atoms. The summed E-state index contributed by atoms with van der Waals surface area (Å²) < 4.78 is 36.1. The van der Waals surface area contributed by atoms with Crippen molar-refractivity contribution in [3.63, 3.8) is 0 Å². The second-order valence-electron chi connectivity index (χ2n) is 5.37. The van der Waals surface area contributed by atoms with Crippen LogP contribution in [0.25, 0.3) is 0 Å². The molecule has 0 bridgehead atoms. The van der Waals surface area contributed by atoms with E-state index in [1.54, 1.807) is 13.0 Å². The molecule has 10 heteroatoms. The lowest BCUT2D eigenvalue weighted by molar-refractivity contribution is -0.386. The van der Waals surface area contributed by atoms with Gasteiger partial charge in [0.15, 0.2) is 9.84 Å². The SMILES string of the molecule is CCOC(=O)CC(c1nc(OC)ccc1[N+](=O)[O-])S(=O)(=O)c1ccccc1. The standard InChI is InChI=1S/C17H18N2O7S/c1-3-26-16(20)11-14(27(23,24)12-7-5-4-6-8-12)17-13(19(21)22)9-10-15(18-17)25-2/h4-10,14H,3,11H2,1-2H3. The first-order chi connectivity index (χ1) is 12.8. The largest absolute Gasteiger partial charge is 0.481 e. The van der Waals surface area contributed by atoms with E-state index in [1.165, 1.54) is 37.4 Å². The number of hydrogen-bond donors (Lipinski definition) is 0. The topological polar surface area (TPSA) is 126 Å². The normalized spacial score (nSPS) is 12.2. The summed E-state index contributed by atoms with van der Waals surface area (Å²) in [6.45, 7) is 1.62. The molecule has 0 saturated carbocycles. The zero-order valence-corrected chi connectivity index (χ0v) is 15.5. The summed E-state index contributed by atoms with van der Waals surface area (Å²) in [6, 6.07) is 9.70. The Morgan fingerprint density at radius 1 is 1.22 bits per heavy atom. The maximum atomic E-state index is 13.1. The minimum absolute atomic E-state index is 0.00674. The van der Waals surface area contributed by atoms with E-state index in [2.05, 4.69) is 4.98 Å². The van der Waals surface area contributed by atoms with E-state index in [0.717, 1.165) is 6.07 Å². The third kappa shape index (κ3) is 4.59. The smallest absolute Gasteiger partial charge is 0.307 e. The molecule has 9 nitrogen and oxygen atoms in total. The Kier molecular flexibility index (Phi) is 6.45. The van der Waals surface area contributed by atoms with Crippen molar-refractivity contribution in [1.82, 2.24) is 4.98 Å². The minimum Gasteiger partial charge on any atom is -0.481 e. The van der Waals surface area contributed by atoms with E-state index in [0.29, 0.717) is 0 Å². The van der Waals surface area contributed by atoms with Crippen molar-refractivity contribution in [2.75, 3.05) is 13.7 Å². The van der Waals surface area contributed by atoms with Crippen LogP contribution >= 0.6 is 0 Å². The first-order valence-electron chi connectivity index (χ1n) is 7.95. The van der Waals surface area contributed by atoms with E-state index in [9.17, 15) is 23.3 Å². The summed E-state index contributed by atoms with van der Waals surface area (Å²) in [5.74, 6) is -0.811. The first kappa shape index (κ1) is 20.3. The summed E-state index contributed by atoms with van der Waals surface area (Å²) in [6.07, 6.45) is -0.619. The Hall–Kier alpha value is -3.01. The second kappa shape index (κ2) is 8.58. The fourth-order valence-electron chi connectivity index (χ4n) is 2.45. The van der Waals surface area contributed by atoms with Crippen LogP contribution in [0.3, 0.4) is 0 Å². The van der Waals surface area contributed by atoms with Crippen LogP contribution in [0.2, 0.25) is 0 Å². The van der Waals surface area contributed by atoms with Gasteiger partial charge in [-0.05, 0) is 19.1 Å². The number of nitrogens with zero attached hydrogens (tertiary/aromatic N) is 2. The predicted octanol–water partition coefficient (Wildman–Crippen LogP) is 2.47. The molecule has 0 fully saturated rings. The maximum absolute atomic E-state index is 13.1. The van der Waals surface area contributed by atoms with Gasteiger partial charge in [0.2, 0.25) is 5.88 Å². The Morgan fingerprint density at radius 2 is 1.89 bits per heavy atom. The van der Waals surface area contributed by atoms with Crippen LogP contribution in [0.5, 0.6) is 5.88 Å². The van der Waals surface area contributed by atoms with Crippen molar-refractivity contribution >= 4 is 21.5 Å². The number of methoxy groups -OCH3 is 1. The highest BCUT2D eigenvalue weighted by atomic mass is 32.2. The molecule has 1 atom stereocenters. The Bertz CT molecular complexity index is 930. The van der Waals surface area contributed by atoms with Crippen molar-refractivity contribution in [3.05, 3.63) is 58.3 Å². The first-order valence-corrected chi connectivity index (χ1v) is 9.49. The average Bonchev–Trinajstić information content (AvgIpc) is 2.66. The average molecular weight is 394 g/mol. The van der Waals surface area contributed by atoms with Crippen LogP contribution in [-0.4, -0.2) is 38.0 Å². The van der Waals surface area contributed by atoms with E-state index < -0.39 is 38.1 Å². The van der Waals surface area contributed by atoms with Gasteiger partial charge in [-0.25, -0.2) is 13.4 Å². The molecule has 27 heavy (non-hydrogen) atoms. The zero-order valence-electron chi connectivity index (χ0n) is 14.7. The fraction of sp³-hybridized carbons (Fsp3) is 0.294. The van der Waals surface area contributed by atoms with Crippen LogP contribution < -0.4 is 4.74 Å². The van der Waals surface area contributed by atoms with Gasteiger partial charge in [-0.2, -0.15) is 0 Å². The molecule has 1 aromatic heterocycles. The van der Waals surface area contributed by atoms with Crippen molar-refractivity contribution in [3.8, 4) is 5.88 Å². The van der Waals surface area contributed by atoms with Gasteiger partial charge < -0.3 is 9.47 Å². The number of esters is 1. The quantitative estimate of drug-likeness (QED) is 0.380. The molecule has 0 radical (unpaired) electrons. The van der Waals surface area contributed by atoms with E-state index in [1.807, 2.05) is 0 Å². The van der Waals surface area contributed by atoms with Crippen molar-refractivity contribution < 1.29 is 27.6 Å². The fourth-order valence-corrected chi connectivity index (χ4v) is 4.14. The zero-order chi connectivity index (χ0) is 20.0. The third-order valence-corrected chi connectivity index (χ3v) is 5.76. The van der Waals surface area contributed by atoms with Gasteiger partial charge in [-0.3, -0.25) is 14.9 Å². The van der Waals surface area contributed by atoms with Crippen molar-refractivity contribution in [1.29, 1.82) is 0 Å². The Morgan fingerprint density at radius 3 is 2.44 bits per heavy atom.